The van der Waals surface area contributed by atoms with Gasteiger partial charge in [-0.25, -0.2) is 8.78 Å². The van der Waals surface area contributed by atoms with Crippen molar-refractivity contribution in [3.63, 3.8) is 0 Å². The van der Waals surface area contributed by atoms with Gasteiger partial charge in [0.1, 0.15) is 5.69 Å². The van der Waals surface area contributed by atoms with Crippen molar-refractivity contribution in [2.24, 2.45) is 5.92 Å². The van der Waals surface area contributed by atoms with Gasteiger partial charge in [0, 0.05) is 11.6 Å². The van der Waals surface area contributed by atoms with Crippen LogP contribution in [0.5, 0.6) is 0 Å². The zero-order valence-electron chi connectivity index (χ0n) is 7.49. The molecule has 0 unspecified atom stereocenters. The summed E-state index contributed by atoms with van der Waals surface area (Å²) in [6, 6.07) is 2.22. The zero-order valence-corrected chi connectivity index (χ0v) is 8.24. The number of halogens is 3. The number of rotatable bonds is 3. The van der Waals surface area contributed by atoms with Gasteiger partial charge in [-0.2, -0.15) is 0 Å². The predicted molar refractivity (Wildman–Crippen MR) is 52.6 cm³/mol. The average molecular weight is 218 g/mol. The standard InChI is InChI=1S/C10H10ClF2N/c11-7-3-8(12)10(9(13)4-7)14-5-6-1-2-6/h3-4,6,14H,1-2,5H2. The third-order valence-electron chi connectivity index (χ3n) is 2.27. The van der Waals surface area contributed by atoms with Gasteiger partial charge in [-0.15, -0.1) is 0 Å². The van der Waals surface area contributed by atoms with Gasteiger partial charge in [-0.3, -0.25) is 0 Å². The summed E-state index contributed by atoms with van der Waals surface area (Å²) in [5, 5.41) is 2.84. The highest BCUT2D eigenvalue weighted by Gasteiger charge is 2.22. The van der Waals surface area contributed by atoms with Crippen LogP contribution in [0.15, 0.2) is 12.1 Å². The van der Waals surface area contributed by atoms with Gasteiger partial charge < -0.3 is 5.32 Å². The fourth-order valence-electron chi connectivity index (χ4n) is 1.28. The number of hydrogen-bond acceptors (Lipinski definition) is 1. The lowest BCUT2D eigenvalue weighted by atomic mass is 10.2. The predicted octanol–water partition coefficient (Wildman–Crippen LogP) is 3.44. The molecule has 0 aliphatic heterocycles. The Bertz CT molecular complexity index is 327. The van der Waals surface area contributed by atoms with E-state index in [2.05, 4.69) is 5.32 Å². The van der Waals surface area contributed by atoms with E-state index in [0.29, 0.717) is 12.5 Å². The van der Waals surface area contributed by atoms with Crippen molar-refractivity contribution < 1.29 is 8.78 Å². The third-order valence-corrected chi connectivity index (χ3v) is 2.49. The molecule has 0 saturated heterocycles. The largest absolute Gasteiger partial charge is 0.380 e. The van der Waals surface area contributed by atoms with Crippen molar-refractivity contribution in [3.8, 4) is 0 Å². The van der Waals surface area contributed by atoms with Crippen LogP contribution in [0.4, 0.5) is 14.5 Å². The molecule has 4 heteroatoms. The minimum atomic E-state index is -0.629. The lowest BCUT2D eigenvalue weighted by Crippen LogP contribution is -2.06. The molecular weight excluding hydrogens is 208 g/mol. The van der Waals surface area contributed by atoms with Crippen LogP contribution in [0.3, 0.4) is 0 Å². The molecule has 0 atom stereocenters. The third kappa shape index (κ3) is 2.15. The minimum absolute atomic E-state index is 0.0682. The summed E-state index contributed by atoms with van der Waals surface area (Å²) in [7, 11) is 0. The quantitative estimate of drug-likeness (QED) is 0.818. The summed E-state index contributed by atoms with van der Waals surface area (Å²) < 4.78 is 26.4. The van der Waals surface area contributed by atoms with E-state index in [9.17, 15) is 8.78 Å². The molecule has 1 aliphatic carbocycles. The first-order valence-corrected chi connectivity index (χ1v) is 4.93. The molecule has 2 rings (SSSR count). The number of anilines is 1. The topological polar surface area (TPSA) is 12.0 Å². The van der Waals surface area contributed by atoms with E-state index in [-0.39, 0.29) is 10.7 Å². The van der Waals surface area contributed by atoms with Crippen LogP contribution >= 0.6 is 11.6 Å². The Morgan fingerprint density at radius 1 is 1.29 bits per heavy atom. The SMILES string of the molecule is Fc1cc(Cl)cc(F)c1NCC1CC1. The van der Waals surface area contributed by atoms with Crippen molar-refractivity contribution in [1.29, 1.82) is 0 Å². The van der Waals surface area contributed by atoms with E-state index < -0.39 is 11.6 Å². The summed E-state index contributed by atoms with van der Waals surface area (Å²) in [4.78, 5) is 0. The van der Waals surface area contributed by atoms with Crippen LogP contribution in [0, 0.1) is 17.6 Å². The molecule has 1 aliphatic rings. The first-order chi connectivity index (χ1) is 6.66. The van der Waals surface area contributed by atoms with Crippen LogP contribution in [0.1, 0.15) is 12.8 Å². The van der Waals surface area contributed by atoms with E-state index in [1.54, 1.807) is 0 Å². The van der Waals surface area contributed by atoms with Crippen molar-refractivity contribution in [2.75, 3.05) is 11.9 Å². The molecular formula is C10H10ClF2N. The normalized spacial score (nSPS) is 15.6. The van der Waals surface area contributed by atoms with Gasteiger partial charge in [-0.05, 0) is 30.9 Å². The Morgan fingerprint density at radius 2 is 1.86 bits per heavy atom. The minimum Gasteiger partial charge on any atom is -0.380 e. The van der Waals surface area contributed by atoms with E-state index >= 15 is 0 Å². The highest BCUT2D eigenvalue weighted by Crippen LogP contribution is 2.30. The molecule has 1 N–H and O–H groups in total. The van der Waals surface area contributed by atoms with Crippen molar-refractivity contribution in [3.05, 3.63) is 28.8 Å². The highest BCUT2D eigenvalue weighted by atomic mass is 35.5. The fourth-order valence-corrected chi connectivity index (χ4v) is 1.47. The van der Waals surface area contributed by atoms with Crippen LogP contribution in [0.2, 0.25) is 5.02 Å². The van der Waals surface area contributed by atoms with Crippen molar-refractivity contribution >= 4 is 17.3 Å². The second-order valence-corrected chi connectivity index (χ2v) is 4.01. The number of nitrogens with one attached hydrogen (secondary N) is 1. The molecule has 1 aromatic rings. The zero-order chi connectivity index (χ0) is 10.1. The van der Waals surface area contributed by atoms with Crippen molar-refractivity contribution in [1.82, 2.24) is 0 Å². The fraction of sp³-hybridized carbons (Fsp3) is 0.400. The van der Waals surface area contributed by atoms with Crippen LogP contribution in [0.25, 0.3) is 0 Å². The van der Waals surface area contributed by atoms with Crippen LogP contribution < -0.4 is 5.32 Å². The van der Waals surface area contributed by atoms with E-state index in [1.165, 1.54) is 0 Å². The first-order valence-electron chi connectivity index (χ1n) is 4.55. The van der Waals surface area contributed by atoms with Crippen LogP contribution in [-0.2, 0) is 0 Å². The molecule has 0 radical (unpaired) electrons. The van der Waals surface area contributed by atoms with Crippen LogP contribution in [-0.4, -0.2) is 6.54 Å². The summed E-state index contributed by atoms with van der Waals surface area (Å²) in [5.41, 5.74) is -0.0682. The van der Waals surface area contributed by atoms with Gasteiger partial charge in [0.2, 0.25) is 0 Å². The maximum Gasteiger partial charge on any atom is 0.150 e. The van der Waals surface area contributed by atoms with Gasteiger partial charge in [0.25, 0.3) is 0 Å². The second-order valence-electron chi connectivity index (χ2n) is 3.57. The summed E-state index contributed by atoms with van der Waals surface area (Å²) in [6.07, 6.45) is 2.29. The molecule has 0 spiro atoms. The molecule has 1 fully saturated rings. The molecule has 0 bridgehead atoms. The number of benzene rings is 1. The van der Waals surface area contributed by atoms with Gasteiger partial charge >= 0.3 is 0 Å². The number of hydrogen-bond donors (Lipinski definition) is 1. The lowest BCUT2D eigenvalue weighted by molar-refractivity contribution is 0.587. The maximum atomic E-state index is 13.2. The molecule has 0 aromatic heterocycles. The Morgan fingerprint density at radius 3 is 2.36 bits per heavy atom. The summed E-state index contributed by atoms with van der Waals surface area (Å²) in [6.45, 7) is 0.634. The van der Waals surface area contributed by atoms with Gasteiger partial charge in [0.15, 0.2) is 11.6 Å². The monoisotopic (exact) mass is 217 g/mol. The maximum absolute atomic E-state index is 13.2. The highest BCUT2D eigenvalue weighted by molar-refractivity contribution is 6.30. The van der Waals surface area contributed by atoms with Gasteiger partial charge in [0.05, 0.1) is 0 Å². The Labute approximate surface area is 86.1 Å². The molecule has 14 heavy (non-hydrogen) atoms. The average Bonchev–Trinajstić information content (AvgIpc) is 2.85. The van der Waals surface area contributed by atoms with E-state index in [4.69, 9.17) is 11.6 Å². The Kier molecular flexibility index (Phi) is 2.59. The Hall–Kier alpha value is -0.830. The lowest BCUT2D eigenvalue weighted by Gasteiger charge is -2.07. The van der Waals surface area contributed by atoms with Crippen molar-refractivity contribution in [2.45, 2.75) is 12.8 Å². The summed E-state index contributed by atoms with van der Waals surface area (Å²) >= 11 is 5.49. The molecule has 1 saturated carbocycles. The van der Waals surface area contributed by atoms with E-state index in [1.807, 2.05) is 0 Å². The van der Waals surface area contributed by atoms with E-state index in [0.717, 1.165) is 25.0 Å². The first kappa shape index (κ1) is 9.71. The molecule has 1 nitrogen and oxygen atoms in total. The molecule has 0 amide bonds. The molecule has 1 aromatic carbocycles. The Balaban J connectivity index is 2.13. The second kappa shape index (κ2) is 3.73. The smallest absolute Gasteiger partial charge is 0.150 e. The summed E-state index contributed by atoms with van der Waals surface area (Å²) in [5.74, 6) is -0.684. The molecule has 76 valence electrons. The van der Waals surface area contributed by atoms with Gasteiger partial charge in [-0.1, -0.05) is 11.6 Å². The molecule has 0 heterocycles.